The first kappa shape index (κ1) is 15.3. The monoisotopic (exact) mass is 305 g/mol. The van der Waals surface area contributed by atoms with Crippen molar-refractivity contribution in [3.05, 3.63) is 46.4 Å². The second kappa shape index (κ2) is 7.64. The molecule has 1 aromatic heterocycles. The van der Waals surface area contributed by atoms with E-state index < -0.39 is 0 Å². The molecule has 2 amide bonds. The molecule has 0 aliphatic carbocycles. The van der Waals surface area contributed by atoms with E-state index in [0.29, 0.717) is 6.54 Å². The van der Waals surface area contributed by atoms with Crippen LogP contribution in [-0.4, -0.2) is 18.1 Å². The van der Waals surface area contributed by atoms with Gasteiger partial charge in [-0.15, -0.1) is 11.3 Å². The zero-order valence-corrected chi connectivity index (χ0v) is 12.9. The van der Waals surface area contributed by atoms with Crippen LogP contribution in [0.15, 0.2) is 35.2 Å². The number of nitrogens with one attached hydrogen (secondary N) is 2. The summed E-state index contributed by atoms with van der Waals surface area (Å²) < 4.78 is 5.14. The first-order chi connectivity index (χ1) is 10.2. The average molecular weight is 305 g/mol. The number of nitrogens with zero attached hydrogens (tertiary/aromatic N) is 1. The van der Waals surface area contributed by atoms with Gasteiger partial charge in [0.1, 0.15) is 5.75 Å². The van der Waals surface area contributed by atoms with Crippen molar-refractivity contribution < 1.29 is 9.53 Å². The van der Waals surface area contributed by atoms with E-state index in [2.05, 4.69) is 15.6 Å². The highest BCUT2D eigenvalue weighted by atomic mass is 32.1. The van der Waals surface area contributed by atoms with Crippen molar-refractivity contribution in [3.8, 4) is 5.75 Å². The molecule has 1 heterocycles. The van der Waals surface area contributed by atoms with Gasteiger partial charge in [-0.25, -0.2) is 9.78 Å². The van der Waals surface area contributed by atoms with Crippen LogP contribution in [0.4, 0.5) is 4.79 Å². The SMILES string of the molecule is CCC(NC(=O)NCc1cscn1)c1ccc(OC)cc1. The maximum Gasteiger partial charge on any atom is 0.315 e. The molecule has 0 fully saturated rings. The Labute approximate surface area is 128 Å². The Kier molecular flexibility index (Phi) is 5.57. The van der Waals surface area contributed by atoms with Crippen LogP contribution in [0.3, 0.4) is 0 Å². The van der Waals surface area contributed by atoms with Crippen molar-refractivity contribution in [2.45, 2.75) is 25.9 Å². The summed E-state index contributed by atoms with van der Waals surface area (Å²) >= 11 is 1.52. The maximum absolute atomic E-state index is 11.9. The summed E-state index contributed by atoms with van der Waals surface area (Å²) in [4.78, 5) is 16.1. The summed E-state index contributed by atoms with van der Waals surface area (Å²) in [5.41, 5.74) is 3.68. The van der Waals surface area contributed by atoms with Crippen molar-refractivity contribution >= 4 is 17.4 Å². The molecule has 2 aromatic rings. The summed E-state index contributed by atoms with van der Waals surface area (Å²) in [6.45, 7) is 2.48. The summed E-state index contributed by atoms with van der Waals surface area (Å²) in [6, 6.07) is 7.51. The highest BCUT2D eigenvalue weighted by Gasteiger charge is 2.12. The van der Waals surface area contributed by atoms with Crippen LogP contribution in [0, 0.1) is 0 Å². The highest BCUT2D eigenvalue weighted by molar-refractivity contribution is 7.07. The number of thiazole rings is 1. The fraction of sp³-hybridized carbons (Fsp3) is 0.333. The van der Waals surface area contributed by atoms with E-state index in [1.807, 2.05) is 36.6 Å². The number of ether oxygens (including phenoxy) is 1. The van der Waals surface area contributed by atoms with E-state index in [-0.39, 0.29) is 12.1 Å². The van der Waals surface area contributed by atoms with Crippen molar-refractivity contribution in [2.75, 3.05) is 7.11 Å². The van der Waals surface area contributed by atoms with E-state index in [1.165, 1.54) is 11.3 Å². The van der Waals surface area contributed by atoms with E-state index in [9.17, 15) is 4.79 Å². The molecular weight excluding hydrogens is 286 g/mol. The molecule has 0 saturated carbocycles. The maximum atomic E-state index is 11.9. The Morgan fingerprint density at radius 1 is 1.38 bits per heavy atom. The van der Waals surface area contributed by atoms with E-state index in [0.717, 1.165) is 23.4 Å². The first-order valence-corrected chi connectivity index (χ1v) is 7.72. The molecule has 112 valence electrons. The van der Waals surface area contributed by atoms with Gasteiger partial charge in [0.2, 0.25) is 0 Å². The van der Waals surface area contributed by atoms with Gasteiger partial charge in [0.15, 0.2) is 0 Å². The van der Waals surface area contributed by atoms with Crippen LogP contribution in [-0.2, 0) is 6.54 Å². The minimum Gasteiger partial charge on any atom is -0.497 e. The van der Waals surface area contributed by atoms with E-state index in [1.54, 1.807) is 12.6 Å². The zero-order chi connectivity index (χ0) is 15.1. The lowest BCUT2D eigenvalue weighted by Gasteiger charge is -2.18. The summed E-state index contributed by atoms with van der Waals surface area (Å²) in [7, 11) is 1.64. The molecular formula is C15H19N3O2S. The summed E-state index contributed by atoms with van der Waals surface area (Å²) in [6.07, 6.45) is 0.816. The normalized spacial score (nSPS) is 11.7. The Morgan fingerprint density at radius 2 is 2.14 bits per heavy atom. The van der Waals surface area contributed by atoms with Gasteiger partial charge in [0.25, 0.3) is 0 Å². The summed E-state index contributed by atoms with van der Waals surface area (Å²) in [5.74, 6) is 0.807. The van der Waals surface area contributed by atoms with Gasteiger partial charge in [-0.3, -0.25) is 0 Å². The Balaban J connectivity index is 1.89. The van der Waals surface area contributed by atoms with Gasteiger partial charge >= 0.3 is 6.03 Å². The van der Waals surface area contributed by atoms with Gasteiger partial charge < -0.3 is 15.4 Å². The molecule has 2 rings (SSSR count). The fourth-order valence-corrected chi connectivity index (χ4v) is 2.52. The lowest BCUT2D eigenvalue weighted by Crippen LogP contribution is -2.37. The number of amides is 2. The highest BCUT2D eigenvalue weighted by Crippen LogP contribution is 2.19. The number of benzene rings is 1. The third-order valence-corrected chi connectivity index (χ3v) is 3.78. The largest absolute Gasteiger partial charge is 0.497 e. The van der Waals surface area contributed by atoms with Gasteiger partial charge in [0, 0.05) is 5.38 Å². The third-order valence-electron chi connectivity index (χ3n) is 3.15. The molecule has 0 saturated heterocycles. The van der Waals surface area contributed by atoms with Crippen molar-refractivity contribution in [1.29, 1.82) is 0 Å². The van der Waals surface area contributed by atoms with E-state index in [4.69, 9.17) is 4.74 Å². The number of aromatic nitrogens is 1. The predicted octanol–water partition coefficient (Wildman–Crippen LogP) is 3.10. The standard InChI is InChI=1S/C15H19N3O2S/c1-3-14(11-4-6-13(20-2)7-5-11)18-15(19)16-8-12-9-21-10-17-12/h4-7,9-10,14H,3,8H2,1-2H3,(H2,16,18,19). The molecule has 0 aliphatic rings. The smallest absolute Gasteiger partial charge is 0.315 e. The van der Waals surface area contributed by atoms with Crippen LogP contribution < -0.4 is 15.4 Å². The second-order valence-electron chi connectivity index (χ2n) is 4.54. The zero-order valence-electron chi connectivity index (χ0n) is 12.1. The van der Waals surface area contributed by atoms with Crippen LogP contribution in [0.25, 0.3) is 0 Å². The lowest BCUT2D eigenvalue weighted by atomic mass is 10.0. The third kappa shape index (κ3) is 4.46. The number of methoxy groups -OCH3 is 1. The molecule has 21 heavy (non-hydrogen) atoms. The minimum absolute atomic E-state index is 0.0219. The topological polar surface area (TPSA) is 63.2 Å². The minimum atomic E-state index is -0.189. The van der Waals surface area contributed by atoms with Crippen LogP contribution in [0.2, 0.25) is 0 Å². The van der Waals surface area contributed by atoms with Crippen LogP contribution >= 0.6 is 11.3 Å². The molecule has 0 aliphatic heterocycles. The van der Waals surface area contributed by atoms with E-state index >= 15 is 0 Å². The van der Waals surface area contributed by atoms with Gasteiger partial charge in [-0.05, 0) is 24.1 Å². The molecule has 1 atom stereocenters. The van der Waals surface area contributed by atoms with Crippen molar-refractivity contribution in [1.82, 2.24) is 15.6 Å². The molecule has 0 radical (unpaired) electrons. The van der Waals surface area contributed by atoms with Gasteiger partial charge in [-0.1, -0.05) is 19.1 Å². The second-order valence-corrected chi connectivity index (χ2v) is 5.26. The summed E-state index contributed by atoms with van der Waals surface area (Å²) in [5, 5.41) is 7.70. The number of carbonyl (C=O) groups excluding carboxylic acids is 1. The first-order valence-electron chi connectivity index (χ1n) is 6.78. The number of urea groups is 1. The average Bonchev–Trinajstić information content (AvgIpc) is 3.04. The number of hydrogen-bond donors (Lipinski definition) is 2. The molecule has 1 aromatic carbocycles. The molecule has 5 nitrogen and oxygen atoms in total. The van der Waals surface area contributed by atoms with Gasteiger partial charge in [-0.2, -0.15) is 0 Å². The molecule has 2 N–H and O–H groups in total. The Hall–Kier alpha value is -2.08. The quantitative estimate of drug-likeness (QED) is 0.862. The van der Waals surface area contributed by atoms with Crippen LogP contribution in [0.5, 0.6) is 5.75 Å². The number of carbonyl (C=O) groups is 1. The number of rotatable bonds is 6. The van der Waals surface area contributed by atoms with Crippen molar-refractivity contribution in [3.63, 3.8) is 0 Å². The lowest BCUT2D eigenvalue weighted by molar-refractivity contribution is 0.236. The molecule has 0 spiro atoms. The fourth-order valence-electron chi connectivity index (χ4n) is 1.96. The van der Waals surface area contributed by atoms with Crippen molar-refractivity contribution in [2.24, 2.45) is 0 Å². The Bertz CT molecular complexity index is 555. The number of hydrogen-bond acceptors (Lipinski definition) is 4. The van der Waals surface area contributed by atoms with Crippen LogP contribution in [0.1, 0.15) is 30.6 Å². The Morgan fingerprint density at radius 3 is 2.71 bits per heavy atom. The molecule has 6 heteroatoms. The predicted molar refractivity (Wildman–Crippen MR) is 83.5 cm³/mol. The molecule has 0 bridgehead atoms. The molecule has 1 unspecified atom stereocenters. The van der Waals surface area contributed by atoms with Gasteiger partial charge in [0.05, 0.1) is 30.9 Å².